The number of carbonyl (C=O) groups is 1. The minimum absolute atomic E-state index is 0.00258. The summed E-state index contributed by atoms with van der Waals surface area (Å²) in [5, 5.41) is 10.1. The van der Waals surface area contributed by atoms with Crippen LogP contribution in [0.25, 0.3) is 10.8 Å². The molecule has 0 spiro atoms. The number of pyridine rings is 1. The number of fused-ring (bicyclic) bond motifs is 1. The Kier molecular flexibility index (Phi) is 5.04. The predicted molar refractivity (Wildman–Crippen MR) is 92.2 cm³/mol. The highest BCUT2D eigenvalue weighted by Crippen LogP contribution is 2.34. The first kappa shape index (κ1) is 18.4. The third-order valence-corrected chi connectivity index (χ3v) is 4.84. The first-order valence-corrected chi connectivity index (χ1v) is 8.38. The van der Waals surface area contributed by atoms with E-state index in [0.717, 1.165) is 25.0 Å². The Bertz CT molecular complexity index is 802. The van der Waals surface area contributed by atoms with E-state index in [9.17, 15) is 18.0 Å². The second-order valence-electron chi connectivity index (χ2n) is 6.60. The van der Waals surface area contributed by atoms with E-state index in [2.05, 4.69) is 9.88 Å². The van der Waals surface area contributed by atoms with Crippen LogP contribution in [0.15, 0.2) is 30.5 Å². The average Bonchev–Trinajstić information content (AvgIpc) is 2.59. The molecule has 1 aliphatic heterocycles. The first-order chi connectivity index (χ1) is 12.3. The van der Waals surface area contributed by atoms with Gasteiger partial charge in [0.1, 0.15) is 5.82 Å². The molecule has 0 saturated carbocycles. The van der Waals surface area contributed by atoms with Crippen LogP contribution in [-0.2, 0) is 11.0 Å². The number of carboxylic acids is 1. The molecule has 140 valence electrons. The lowest BCUT2D eigenvalue weighted by Gasteiger charge is -2.37. The summed E-state index contributed by atoms with van der Waals surface area (Å²) in [7, 11) is 1.79. The summed E-state index contributed by atoms with van der Waals surface area (Å²) < 4.78 is 38.7. The number of halogens is 3. The highest BCUT2D eigenvalue weighted by Gasteiger charge is 2.31. The monoisotopic (exact) mass is 367 g/mol. The number of hydrogen-bond acceptors (Lipinski definition) is 4. The molecule has 0 amide bonds. The molecule has 0 unspecified atom stereocenters. The molecule has 0 atom stereocenters. The number of hydrogen-bond donors (Lipinski definition) is 1. The molecule has 0 aliphatic carbocycles. The lowest BCUT2D eigenvalue weighted by atomic mass is 10.0. The Labute approximate surface area is 149 Å². The summed E-state index contributed by atoms with van der Waals surface area (Å²) >= 11 is 0. The molecule has 1 aliphatic rings. The third-order valence-electron chi connectivity index (χ3n) is 4.84. The molecule has 1 N–H and O–H groups in total. The van der Waals surface area contributed by atoms with E-state index >= 15 is 0 Å². The van der Waals surface area contributed by atoms with E-state index in [1.165, 1.54) is 12.3 Å². The lowest BCUT2D eigenvalue weighted by Crippen LogP contribution is -2.45. The molecular weight excluding hydrogens is 347 g/mol. The third kappa shape index (κ3) is 3.90. The van der Waals surface area contributed by atoms with Crippen LogP contribution in [0.1, 0.15) is 18.4 Å². The number of aliphatic carboxylic acids is 1. The average molecular weight is 367 g/mol. The van der Waals surface area contributed by atoms with Gasteiger partial charge in [0.15, 0.2) is 0 Å². The van der Waals surface area contributed by atoms with E-state index in [0.29, 0.717) is 29.7 Å². The molecule has 2 aromatic rings. The van der Waals surface area contributed by atoms with Gasteiger partial charge >= 0.3 is 12.1 Å². The van der Waals surface area contributed by atoms with E-state index in [-0.39, 0.29) is 12.6 Å². The number of rotatable bonds is 4. The number of carboxylic acid groups (broad SMARTS) is 1. The quantitative estimate of drug-likeness (QED) is 0.899. The fraction of sp³-hybridized carbons (Fsp3) is 0.444. The summed E-state index contributed by atoms with van der Waals surface area (Å²) in [6, 6.07) is 5.47. The minimum Gasteiger partial charge on any atom is -0.480 e. The SMILES string of the molecule is CN(CC(=O)O)C1CCN(c2nccc3cc(C(F)(F)F)ccc23)CC1. The number of nitrogens with zero attached hydrogens (tertiary/aromatic N) is 3. The largest absolute Gasteiger partial charge is 0.480 e. The van der Waals surface area contributed by atoms with Crippen molar-refractivity contribution < 1.29 is 23.1 Å². The number of likely N-dealkylation sites (N-methyl/N-ethyl adjacent to an activating group) is 1. The van der Waals surface area contributed by atoms with Gasteiger partial charge in [0.2, 0.25) is 0 Å². The van der Waals surface area contributed by atoms with Gasteiger partial charge in [0, 0.05) is 30.7 Å². The highest BCUT2D eigenvalue weighted by atomic mass is 19.4. The van der Waals surface area contributed by atoms with Crippen LogP contribution in [0.5, 0.6) is 0 Å². The van der Waals surface area contributed by atoms with Gasteiger partial charge in [0.05, 0.1) is 12.1 Å². The lowest BCUT2D eigenvalue weighted by molar-refractivity contribution is -0.139. The van der Waals surface area contributed by atoms with Crippen molar-refractivity contribution in [3.05, 3.63) is 36.0 Å². The standard InChI is InChI=1S/C18H20F3N3O2/c1-23(11-16(25)26)14-5-8-24(9-6-14)17-15-3-2-13(18(19,20)21)10-12(15)4-7-22-17/h2-4,7,10,14H,5-6,8-9,11H2,1H3,(H,25,26). The maximum absolute atomic E-state index is 12.9. The Hall–Kier alpha value is -2.35. The topological polar surface area (TPSA) is 56.7 Å². The predicted octanol–water partition coefficient (Wildman–Crippen LogP) is 3.24. The number of alkyl halides is 3. The summed E-state index contributed by atoms with van der Waals surface area (Å²) in [4.78, 5) is 19.1. The maximum atomic E-state index is 12.9. The van der Waals surface area contributed by atoms with Crippen molar-refractivity contribution in [2.75, 3.05) is 31.6 Å². The fourth-order valence-electron chi connectivity index (χ4n) is 3.45. The molecule has 1 aromatic carbocycles. The number of aromatic nitrogens is 1. The van der Waals surface area contributed by atoms with E-state index in [1.54, 1.807) is 13.1 Å². The number of piperidine rings is 1. The Balaban J connectivity index is 1.78. The van der Waals surface area contributed by atoms with Crippen LogP contribution in [0, 0.1) is 0 Å². The molecule has 1 aromatic heterocycles. The second-order valence-corrected chi connectivity index (χ2v) is 6.60. The highest BCUT2D eigenvalue weighted by molar-refractivity contribution is 5.92. The van der Waals surface area contributed by atoms with Crippen molar-refractivity contribution in [2.24, 2.45) is 0 Å². The normalized spacial score (nSPS) is 16.4. The van der Waals surface area contributed by atoms with E-state index in [4.69, 9.17) is 5.11 Å². The summed E-state index contributed by atoms with van der Waals surface area (Å²) in [5.41, 5.74) is -0.670. The molecule has 3 rings (SSSR count). The summed E-state index contributed by atoms with van der Waals surface area (Å²) in [5.74, 6) is -0.179. The number of anilines is 1. The molecule has 2 heterocycles. The van der Waals surface area contributed by atoms with Gasteiger partial charge in [-0.1, -0.05) is 6.07 Å². The fourth-order valence-corrected chi connectivity index (χ4v) is 3.45. The zero-order chi connectivity index (χ0) is 18.9. The zero-order valence-corrected chi connectivity index (χ0v) is 14.3. The van der Waals surface area contributed by atoms with Crippen LogP contribution in [0.3, 0.4) is 0 Å². The van der Waals surface area contributed by atoms with Crippen LogP contribution in [0.2, 0.25) is 0 Å². The van der Waals surface area contributed by atoms with Crippen LogP contribution >= 0.6 is 0 Å². The second kappa shape index (κ2) is 7.11. The van der Waals surface area contributed by atoms with Gasteiger partial charge in [-0.05, 0) is 43.5 Å². The maximum Gasteiger partial charge on any atom is 0.416 e. The minimum atomic E-state index is -4.37. The smallest absolute Gasteiger partial charge is 0.416 e. The van der Waals surface area contributed by atoms with E-state index in [1.807, 2.05) is 4.90 Å². The van der Waals surface area contributed by atoms with Crippen LogP contribution in [0.4, 0.5) is 19.0 Å². The van der Waals surface area contributed by atoms with Crippen molar-refractivity contribution in [2.45, 2.75) is 25.1 Å². The van der Waals surface area contributed by atoms with Gasteiger partial charge in [-0.2, -0.15) is 13.2 Å². The van der Waals surface area contributed by atoms with Crippen molar-refractivity contribution in [1.82, 2.24) is 9.88 Å². The Morgan fingerprint density at radius 1 is 1.31 bits per heavy atom. The van der Waals surface area contributed by atoms with Gasteiger partial charge in [-0.15, -0.1) is 0 Å². The van der Waals surface area contributed by atoms with Crippen molar-refractivity contribution in [1.29, 1.82) is 0 Å². The molecule has 8 heteroatoms. The molecule has 0 bridgehead atoms. The Morgan fingerprint density at radius 2 is 2.00 bits per heavy atom. The molecule has 1 fully saturated rings. The van der Waals surface area contributed by atoms with Crippen molar-refractivity contribution in [3.8, 4) is 0 Å². The van der Waals surface area contributed by atoms with E-state index < -0.39 is 17.7 Å². The molecule has 0 radical (unpaired) electrons. The molecule has 26 heavy (non-hydrogen) atoms. The Morgan fingerprint density at radius 3 is 2.62 bits per heavy atom. The first-order valence-electron chi connectivity index (χ1n) is 8.38. The van der Waals surface area contributed by atoms with Gasteiger partial charge in [-0.3, -0.25) is 9.69 Å². The van der Waals surface area contributed by atoms with Crippen molar-refractivity contribution in [3.63, 3.8) is 0 Å². The molecule has 1 saturated heterocycles. The van der Waals surface area contributed by atoms with Crippen LogP contribution < -0.4 is 4.90 Å². The number of benzene rings is 1. The molecule has 5 nitrogen and oxygen atoms in total. The zero-order valence-electron chi connectivity index (χ0n) is 14.3. The van der Waals surface area contributed by atoms with Crippen molar-refractivity contribution >= 4 is 22.6 Å². The van der Waals surface area contributed by atoms with Gasteiger partial charge in [0.25, 0.3) is 0 Å². The van der Waals surface area contributed by atoms with Gasteiger partial charge < -0.3 is 10.0 Å². The summed E-state index contributed by atoms with van der Waals surface area (Å²) in [6.07, 6.45) is -1.28. The van der Waals surface area contributed by atoms with Crippen LogP contribution in [-0.4, -0.2) is 53.7 Å². The summed E-state index contributed by atoms with van der Waals surface area (Å²) in [6.45, 7) is 1.36. The van der Waals surface area contributed by atoms with Gasteiger partial charge in [-0.25, -0.2) is 4.98 Å². The molecular formula is C18H20F3N3O2.